The van der Waals surface area contributed by atoms with Crippen LogP contribution in [0.25, 0.3) is 44.2 Å². The van der Waals surface area contributed by atoms with Crippen molar-refractivity contribution in [3.05, 3.63) is 95.5 Å². The summed E-state index contributed by atoms with van der Waals surface area (Å²) in [5, 5.41) is 2.30. The Balaban J connectivity index is 1.87. The molecule has 0 saturated heterocycles. The summed E-state index contributed by atoms with van der Waals surface area (Å²) >= 11 is 3.52. The molecule has 0 atom stereocenters. The molecule has 0 bridgehead atoms. The van der Waals surface area contributed by atoms with Crippen molar-refractivity contribution in [2.75, 3.05) is 0 Å². The number of hydrogen-bond donors (Lipinski definition) is 0. The average Bonchev–Trinajstić information content (AvgIpc) is 3.07. The van der Waals surface area contributed by atoms with Gasteiger partial charge in [-0.25, -0.2) is 0 Å². The van der Waals surface area contributed by atoms with Crippen LogP contribution in [0.4, 0.5) is 0 Å². The van der Waals surface area contributed by atoms with Crippen LogP contribution >= 0.6 is 15.9 Å². The predicted octanol–water partition coefficient (Wildman–Crippen LogP) is 7.68. The molecule has 0 N–H and O–H groups in total. The van der Waals surface area contributed by atoms with Gasteiger partial charge in [0.2, 0.25) is 0 Å². The van der Waals surface area contributed by atoms with E-state index in [0.29, 0.717) is 0 Å². The summed E-state index contributed by atoms with van der Waals surface area (Å²) in [6, 6.07) is 31.6. The summed E-state index contributed by atoms with van der Waals surface area (Å²) in [6.45, 7) is 0. The highest BCUT2D eigenvalue weighted by Gasteiger charge is 2.14. The molecule has 1 aromatic heterocycles. The standard InChI is InChI=1S/C24H15BrO/c25-19-12-10-16(11-13-19)18-14-21(17-6-2-1-3-7-17)24-22(15-18)20-8-4-5-9-23(20)26-24/h1-15H. The Hall–Kier alpha value is -2.84. The van der Waals surface area contributed by atoms with E-state index in [2.05, 4.69) is 88.7 Å². The smallest absolute Gasteiger partial charge is 0.143 e. The van der Waals surface area contributed by atoms with E-state index in [0.717, 1.165) is 37.5 Å². The monoisotopic (exact) mass is 398 g/mol. The molecule has 0 aliphatic rings. The van der Waals surface area contributed by atoms with Crippen LogP contribution in [0.2, 0.25) is 0 Å². The Labute approximate surface area is 160 Å². The van der Waals surface area contributed by atoms with Crippen molar-refractivity contribution in [3.63, 3.8) is 0 Å². The Bertz CT molecular complexity index is 1220. The SMILES string of the molecule is Brc1ccc(-c2cc(-c3ccccc3)c3oc4ccccc4c3c2)cc1. The van der Waals surface area contributed by atoms with Crippen molar-refractivity contribution in [1.82, 2.24) is 0 Å². The quantitative estimate of drug-likeness (QED) is 0.297. The minimum absolute atomic E-state index is 0.924. The highest BCUT2D eigenvalue weighted by atomic mass is 79.9. The molecule has 124 valence electrons. The first-order valence-corrected chi connectivity index (χ1v) is 9.35. The molecular formula is C24H15BrO. The van der Waals surface area contributed by atoms with Gasteiger partial charge in [-0.1, -0.05) is 76.6 Å². The van der Waals surface area contributed by atoms with Crippen LogP contribution in [0.1, 0.15) is 0 Å². The molecule has 0 saturated carbocycles. The minimum atomic E-state index is 0.924. The molecule has 0 fully saturated rings. The van der Waals surface area contributed by atoms with Crippen LogP contribution in [0.3, 0.4) is 0 Å². The van der Waals surface area contributed by atoms with Crippen LogP contribution < -0.4 is 0 Å². The number of halogens is 1. The van der Waals surface area contributed by atoms with Gasteiger partial charge < -0.3 is 4.42 Å². The Kier molecular flexibility index (Phi) is 3.65. The third-order valence-corrected chi connectivity index (χ3v) is 5.27. The fourth-order valence-corrected chi connectivity index (χ4v) is 3.73. The number of hydrogen-bond acceptors (Lipinski definition) is 1. The molecule has 2 heteroatoms. The topological polar surface area (TPSA) is 13.1 Å². The van der Waals surface area contributed by atoms with E-state index in [1.54, 1.807) is 0 Å². The van der Waals surface area contributed by atoms with Gasteiger partial charge in [0, 0.05) is 20.8 Å². The zero-order chi connectivity index (χ0) is 17.5. The Morgan fingerprint density at radius 3 is 2.12 bits per heavy atom. The van der Waals surface area contributed by atoms with Crippen LogP contribution in [0.15, 0.2) is 99.9 Å². The van der Waals surface area contributed by atoms with E-state index < -0.39 is 0 Å². The number of benzene rings is 4. The summed E-state index contributed by atoms with van der Waals surface area (Å²) in [7, 11) is 0. The van der Waals surface area contributed by atoms with E-state index in [1.165, 1.54) is 11.1 Å². The Morgan fingerprint density at radius 2 is 1.31 bits per heavy atom. The van der Waals surface area contributed by atoms with E-state index in [1.807, 2.05) is 18.2 Å². The van der Waals surface area contributed by atoms with Crippen LogP contribution in [-0.2, 0) is 0 Å². The van der Waals surface area contributed by atoms with Gasteiger partial charge in [0.25, 0.3) is 0 Å². The van der Waals surface area contributed by atoms with Gasteiger partial charge in [-0.15, -0.1) is 0 Å². The lowest BCUT2D eigenvalue weighted by Gasteiger charge is -2.08. The van der Waals surface area contributed by atoms with Crippen LogP contribution in [0, 0.1) is 0 Å². The van der Waals surface area contributed by atoms with E-state index in [-0.39, 0.29) is 0 Å². The maximum Gasteiger partial charge on any atom is 0.143 e. The van der Waals surface area contributed by atoms with Crippen molar-refractivity contribution in [3.8, 4) is 22.3 Å². The largest absolute Gasteiger partial charge is 0.455 e. The molecular weight excluding hydrogens is 384 g/mol. The molecule has 1 heterocycles. The summed E-state index contributed by atoms with van der Waals surface area (Å²) < 4.78 is 7.32. The van der Waals surface area contributed by atoms with Gasteiger partial charge in [-0.3, -0.25) is 0 Å². The lowest BCUT2D eigenvalue weighted by Crippen LogP contribution is -1.83. The highest BCUT2D eigenvalue weighted by molar-refractivity contribution is 9.10. The first kappa shape index (κ1) is 15.4. The highest BCUT2D eigenvalue weighted by Crippen LogP contribution is 2.39. The first-order valence-electron chi connectivity index (χ1n) is 8.56. The molecule has 26 heavy (non-hydrogen) atoms. The molecule has 5 aromatic rings. The zero-order valence-electron chi connectivity index (χ0n) is 13.9. The second-order valence-electron chi connectivity index (χ2n) is 6.37. The van der Waals surface area contributed by atoms with Crippen molar-refractivity contribution in [2.45, 2.75) is 0 Å². The van der Waals surface area contributed by atoms with Crippen molar-refractivity contribution >= 4 is 37.9 Å². The third-order valence-electron chi connectivity index (χ3n) is 4.74. The number of fused-ring (bicyclic) bond motifs is 3. The summed E-state index contributed by atoms with van der Waals surface area (Å²) in [4.78, 5) is 0. The Morgan fingerprint density at radius 1 is 0.577 bits per heavy atom. The third kappa shape index (κ3) is 2.54. The van der Waals surface area contributed by atoms with Crippen molar-refractivity contribution in [2.24, 2.45) is 0 Å². The molecule has 5 rings (SSSR count). The fourth-order valence-electron chi connectivity index (χ4n) is 3.47. The molecule has 0 spiro atoms. The molecule has 0 unspecified atom stereocenters. The molecule has 4 aromatic carbocycles. The maximum atomic E-state index is 6.24. The summed E-state index contributed by atoms with van der Waals surface area (Å²) in [5.41, 5.74) is 6.53. The molecule has 1 nitrogen and oxygen atoms in total. The van der Waals surface area contributed by atoms with Crippen molar-refractivity contribution < 1.29 is 4.42 Å². The lowest BCUT2D eigenvalue weighted by atomic mass is 9.96. The lowest BCUT2D eigenvalue weighted by molar-refractivity contribution is 0.670. The van der Waals surface area contributed by atoms with Gasteiger partial charge in [-0.2, -0.15) is 0 Å². The minimum Gasteiger partial charge on any atom is -0.455 e. The predicted molar refractivity (Wildman–Crippen MR) is 112 cm³/mol. The molecule has 0 radical (unpaired) electrons. The molecule has 0 aliphatic carbocycles. The van der Waals surface area contributed by atoms with Crippen LogP contribution in [-0.4, -0.2) is 0 Å². The molecule has 0 aliphatic heterocycles. The van der Waals surface area contributed by atoms with Gasteiger partial charge >= 0.3 is 0 Å². The zero-order valence-corrected chi connectivity index (χ0v) is 15.5. The van der Waals surface area contributed by atoms with E-state index in [4.69, 9.17) is 4.42 Å². The summed E-state index contributed by atoms with van der Waals surface area (Å²) in [5.74, 6) is 0. The first-order chi connectivity index (χ1) is 12.8. The average molecular weight is 399 g/mol. The summed E-state index contributed by atoms with van der Waals surface area (Å²) in [6.07, 6.45) is 0. The number of rotatable bonds is 2. The number of para-hydroxylation sites is 1. The van der Waals surface area contributed by atoms with Crippen LogP contribution in [0.5, 0.6) is 0 Å². The van der Waals surface area contributed by atoms with E-state index in [9.17, 15) is 0 Å². The van der Waals surface area contributed by atoms with Gasteiger partial charge in [0.05, 0.1) is 0 Å². The fraction of sp³-hybridized carbons (Fsp3) is 0. The van der Waals surface area contributed by atoms with E-state index >= 15 is 0 Å². The maximum absolute atomic E-state index is 6.24. The van der Waals surface area contributed by atoms with Gasteiger partial charge in [0.15, 0.2) is 0 Å². The van der Waals surface area contributed by atoms with Crippen molar-refractivity contribution in [1.29, 1.82) is 0 Å². The van der Waals surface area contributed by atoms with Gasteiger partial charge in [-0.05, 0) is 47.0 Å². The number of furan rings is 1. The second kappa shape index (κ2) is 6.15. The molecule has 0 amide bonds. The second-order valence-corrected chi connectivity index (χ2v) is 7.29. The normalized spacial score (nSPS) is 11.3. The van der Waals surface area contributed by atoms with Gasteiger partial charge in [0.1, 0.15) is 11.2 Å².